The number of fused-ring (bicyclic) bond motifs is 2. The quantitative estimate of drug-likeness (QED) is 0.176. The third-order valence-electron chi connectivity index (χ3n) is 9.25. The maximum absolute atomic E-state index is 13.6. The number of aromatic amines is 1. The lowest BCUT2D eigenvalue weighted by Gasteiger charge is -2.53. The van der Waals surface area contributed by atoms with Gasteiger partial charge >= 0.3 is 0 Å². The smallest absolute Gasteiger partial charge is 0.231 e. The van der Waals surface area contributed by atoms with Crippen LogP contribution in [0.1, 0.15) is 18.4 Å². The molecule has 2 fully saturated rings. The first-order chi connectivity index (χ1) is 21.1. The number of likely N-dealkylation sites (tertiary alicyclic amines) is 1. The van der Waals surface area contributed by atoms with E-state index < -0.39 is 7.14 Å². The first-order valence-corrected chi connectivity index (χ1v) is 17.8. The third kappa shape index (κ3) is 5.18. The Morgan fingerprint density at radius 1 is 0.955 bits per heavy atom. The van der Waals surface area contributed by atoms with Crippen LogP contribution in [0.15, 0.2) is 60.8 Å². The summed E-state index contributed by atoms with van der Waals surface area (Å²) >= 11 is 0. The molecule has 0 radical (unpaired) electrons. The van der Waals surface area contributed by atoms with Crippen LogP contribution in [0, 0.1) is 12.3 Å². The van der Waals surface area contributed by atoms with Crippen molar-refractivity contribution in [1.82, 2.24) is 19.9 Å². The molecule has 44 heavy (non-hydrogen) atoms. The average molecular weight is 610 g/mol. The van der Waals surface area contributed by atoms with E-state index in [1.54, 1.807) is 7.11 Å². The molecule has 2 aliphatic rings. The van der Waals surface area contributed by atoms with Crippen molar-refractivity contribution in [2.45, 2.75) is 19.8 Å². The first kappa shape index (κ1) is 28.7. The van der Waals surface area contributed by atoms with Crippen LogP contribution in [-0.4, -0.2) is 73.5 Å². The van der Waals surface area contributed by atoms with Gasteiger partial charge in [-0.2, -0.15) is 9.97 Å². The van der Waals surface area contributed by atoms with Gasteiger partial charge in [0.15, 0.2) is 0 Å². The van der Waals surface area contributed by atoms with E-state index in [-0.39, 0.29) is 0 Å². The summed E-state index contributed by atoms with van der Waals surface area (Å²) < 4.78 is 19.4. The summed E-state index contributed by atoms with van der Waals surface area (Å²) in [5.74, 6) is 1.80. The summed E-state index contributed by atoms with van der Waals surface area (Å²) in [6.45, 7) is 10.3. The molecular formula is C34H40N7O2P. The lowest BCUT2D eigenvalue weighted by atomic mass is 9.72. The molecule has 0 bridgehead atoms. The van der Waals surface area contributed by atoms with E-state index in [1.165, 1.54) is 37.2 Å². The van der Waals surface area contributed by atoms with Crippen molar-refractivity contribution < 1.29 is 9.30 Å². The van der Waals surface area contributed by atoms with Crippen molar-refractivity contribution in [1.29, 1.82) is 0 Å². The molecule has 4 heterocycles. The Morgan fingerprint density at radius 2 is 1.73 bits per heavy atom. The molecule has 2 aliphatic heterocycles. The Kier molecular flexibility index (Phi) is 7.06. The summed E-state index contributed by atoms with van der Waals surface area (Å²) in [7, 11) is 1.27. The second kappa shape index (κ2) is 10.8. The predicted molar refractivity (Wildman–Crippen MR) is 183 cm³/mol. The molecule has 5 aromatic rings. The molecule has 9 nitrogen and oxygen atoms in total. The zero-order valence-electron chi connectivity index (χ0n) is 26.1. The minimum absolute atomic E-state index is 0.431. The number of hydrogen-bond donors (Lipinski definition) is 3. The number of rotatable bonds is 7. The third-order valence-corrected chi connectivity index (χ3v) is 10.8. The van der Waals surface area contributed by atoms with Crippen molar-refractivity contribution in [2.24, 2.45) is 5.41 Å². The van der Waals surface area contributed by atoms with Crippen molar-refractivity contribution in [3.63, 3.8) is 0 Å². The largest absolute Gasteiger partial charge is 0.494 e. The second-order valence-corrected chi connectivity index (χ2v) is 16.1. The highest BCUT2D eigenvalue weighted by Gasteiger charge is 2.43. The standard InChI is InChI=1S/C34H40N7O2P/c1-22-18-27(29(43-3)19-28(22)41-16-13-34(14-17-41)20-40(2)21-34)37-33-38-31-25(12-15-35-31)32(39-33)36-26-11-10-23-8-6-7-9-24(23)30(26)44(4,5)42/h6-12,15,18-19H,13-14,16-17,20-21H2,1-5H3,(H3,35,36,37,38,39). The number of H-pyrrole nitrogens is 1. The molecule has 1 spiro atoms. The molecule has 228 valence electrons. The van der Waals surface area contributed by atoms with Crippen LogP contribution in [0.2, 0.25) is 0 Å². The molecule has 2 aromatic heterocycles. The number of benzene rings is 3. The van der Waals surface area contributed by atoms with Gasteiger partial charge in [0.25, 0.3) is 0 Å². The lowest BCUT2D eigenvalue weighted by molar-refractivity contribution is 0.00130. The Balaban J connectivity index is 1.20. The maximum Gasteiger partial charge on any atom is 0.231 e. The summed E-state index contributed by atoms with van der Waals surface area (Å²) in [5, 5.41) is 10.6. The fourth-order valence-electron chi connectivity index (χ4n) is 7.20. The predicted octanol–water partition coefficient (Wildman–Crippen LogP) is 6.70. The summed E-state index contributed by atoms with van der Waals surface area (Å²) in [5.41, 5.74) is 5.17. The van der Waals surface area contributed by atoms with Gasteiger partial charge in [0.05, 0.1) is 23.9 Å². The number of nitrogens with zero attached hydrogens (tertiary/aromatic N) is 4. The first-order valence-electron chi connectivity index (χ1n) is 15.2. The molecule has 0 unspecified atom stereocenters. The molecule has 7 rings (SSSR count). The molecule has 3 N–H and O–H groups in total. The van der Waals surface area contributed by atoms with E-state index in [4.69, 9.17) is 14.7 Å². The molecular weight excluding hydrogens is 569 g/mol. The molecule has 2 saturated heterocycles. The fraction of sp³-hybridized carbons (Fsp3) is 0.353. The Hall–Kier alpha value is -4.07. The second-order valence-electron chi connectivity index (χ2n) is 12.9. The van der Waals surface area contributed by atoms with Gasteiger partial charge in [0.1, 0.15) is 24.4 Å². The van der Waals surface area contributed by atoms with Crippen molar-refractivity contribution in [3.05, 3.63) is 66.4 Å². The Morgan fingerprint density at radius 3 is 2.45 bits per heavy atom. The van der Waals surface area contributed by atoms with E-state index in [0.29, 0.717) is 22.8 Å². The van der Waals surface area contributed by atoms with Crippen LogP contribution in [0.5, 0.6) is 5.75 Å². The van der Waals surface area contributed by atoms with E-state index in [1.807, 2.05) is 62.0 Å². The number of ether oxygens (including phenoxy) is 1. The van der Waals surface area contributed by atoms with E-state index >= 15 is 0 Å². The highest BCUT2D eigenvalue weighted by molar-refractivity contribution is 7.71. The maximum atomic E-state index is 13.6. The highest BCUT2D eigenvalue weighted by Crippen LogP contribution is 2.44. The van der Waals surface area contributed by atoms with Gasteiger partial charge in [-0.3, -0.25) is 0 Å². The number of aromatic nitrogens is 3. The monoisotopic (exact) mass is 609 g/mol. The van der Waals surface area contributed by atoms with E-state index in [9.17, 15) is 4.57 Å². The Bertz CT molecular complexity index is 1910. The molecule has 0 amide bonds. The minimum atomic E-state index is -2.64. The average Bonchev–Trinajstić information content (AvgIpc) is 3.45. The van der Waals surface area contributed by atoms with Crippen LogP contribution in [0.4, 0.5) is 28.8 Å². The van der Waals surface area contributed by atoms with Gasteiger partial charge in [-0.1, -0.05) is 30.3 Å². The van der Waals surface area contributed by atoms with Gasteiger partial charge in [-0.15, -0.1) is 0 Å². The van der Waals surface area contributed by atoms with Gasteiger partial charge in [0, 0.05) is 49.4 Å². The van der Waals surface area contributed by atoms with Crippen LogP contribution >= 0.6 is 7.14 Å². The summed E-state index contributed by atoms with van der Waals surface area (Å²) in [4.78, 5) is 17.8. The fourth-order valence-corrected chi connectivity index (χ4v) is 8.69. The number of aryl methyl sites for hydroxylation is 1. The van der Waals surface area contributed by atoms with Gasteiger partial charge in [0.2, 0.25) is 5.95 Å². The zero-order chi connectivity index (χ0) is 30.6. The minimum Gasteiger partial charge on any atom is -0.494 e. The number of nitrogens with one attached hydrogen (secondary N) is 3. The zero-order valence-corrected chi connectivity index (χ0v) is 27.0. The molecule has 10 heteroatoms. The van der Waals surface area contributed by atoms with E-state index in [0.717, 1.165) is 51.7 Å². The number of methoxy groups -OCH3 is 1. The molecule has 0 aliphatic carbocycles. The topological polar surface area (TPSA) is 98.4 Å². The van der Waals surface area contributed by atoms with Crippen molar-refractivity contribution in [2.75, 3.05) is 69.2 Å². The number of anilines is 5. The number of hydrogen-bond acceptors (Lipinski definition) is 8. The molecule has 0 saturated carbocycles. The molecule has 0 atom stereocenters. The SMILES string of the molecule is COc1cc(N2CCC3(CC2)CN(C)C3)c(C)cc1Nc1nc(Nc2ccc3ccccc3c2P(C)(C)=O)c2cc[nH]c2n1. The summed E-state index contributed by atoms with van der Waals surface area (Å²) in [6, 6.07) is 18.3. The van der Waals surface area contributed by atoms with Crippen molar-refractivity contribution in [3.8, 4) is 5.75 Å². The molecule has 3 aromatic carbocycles. The van der Waals surface area contributed by atoms with Crippen LogP contribution in [-0.2, 0) is 4.57 Å². The summed E-state index contributed by atoms with van der Waals surface area (Å²) in [6.07, 6.45) is 4.30. The van der Waals surface area contributed by atoms with Crippen LogP contribution in [0.3, 0.4) is 0 Å². The van der Waals surface area contributed by atoms with E-state index in [2.05, 4.69) is 51.5 Å². The lowest BCUT2D eigenvalue weighted by Crippen LogP contribution is -2.58. The van der Waals surface area contributed by atoms with Gasteiger partial charge in [-0.05, 0) is 80.1 Å². The highest BCUT2D eigenvalue weighted by atomic mass is 31.2. The van der Waals surface area contributed by atoms with Crippen molar-refractivity contribution >= 4 is 63.1 Å². The number of piperidine rings is 1. The van der Waals surface area contributed by atoms with Gasteiger partial charge in [-0.25, -0.2) is 0 Å². The normalized spacial score (nSPS) is 16.8. The van der Waals surface area contributed by atoms with Gasteiger partial charge < -0.3 is 34.7 Å². The Labute approximate surface area is 258 Å². The van der Waals surface area contributed by atoms with Crippen LogP contribution in [0.25, 0.3) is 21.8 Å². The van der Waals surface area contributed by atoms with Crippen LogP contribution < -0.4 is 25.6 Å².